The second kappa shape index (κ2) is 7.22. The predicted molar refractivity (Wildman–Crippen MR) is 110 cm³/mol. The molecule has 3 aromatic rings. The van der Waals surface area contributed by atoms with E-state index in [0.717, 1.165) is 23.5 Å². The molecular formula is C20H23N2O3S2+. The molecule has 2 aromatic carbocycles. The molecule has 2 heterocycles. The van der Waals surface area contributed by atoms with E-state index in [9.17, 15) is 8.42 Å². The molecule has 0 atom stereocenters. The van der Waals surface area contributed by atoms with Gasteiger partial charge < -0.3 is 4.90 Å². The van der Waals surface area contributed by atoms with Crippen LogP contribution in [0.1, 0.15) is 24.3 Å². The summed E-state index contributed by atoms with van der Waals surface area (Å²) in [6, 6.07) is 12.5. The zero-order valence-electron chi connectivity index (χ0n) is 15.3. The van der Waals surface area contributed by atoms with E-state index >= 15 is 0 Å². The lowest BCUT2D eigenvalue weighted by molar-refractivity contribution is -0.667. The van der Waals surface area contributed by atoms with Crippen LogP contribution in [0, 0.1) is 0 Å². The van der Waals surface area contributed by atoms with E-state index in [1.165, 1.54) is 27.6 Å². The third kappa shape index (κ3) is 3.85. The van der Waals surface area contributed by atoms with Gasteiger partial charge in [0.05, 0.1) is 11.1 Å². The van der Waals surface area contributed by atoms with Crippen molar-refractivity contribution < 1.29 is 17.5 Å². The lowest BCUT2D eigenvalue weighted by Crippen LogP contribution is -2.36. The van der Waals surface area contributed by atoms with Crippen LogP contribution in [0.2, 0.25) is 0 Å². The van der Waals surface area contributed by atoms with Crippen LogP contribution in [0.4, 0.5) is 0 Å². The average Bonchev–Trinajstić information content (AvgIpc) is 3.18. The highest BCUT2D eigenvalue weighted by Crippen LogP contribution is 2.30. The van der Waals surface area contributed by atoms with Gasteiger partial charge in [0.2, 0.25) is 5.52 Å². The molecule has 1 N–H and O–H groups in total. The summed E-state index contributed by atoms with van der Waals surface area (Å²) in [5.41, 5.74) is 2.45. The van der Waals surface area contributed by atoms with E-state index in [4.69, 9.17) is 4.55 Å². The second-order valence-corrected chi connectivity index (χ2v) is 9.66. The van der Waals surface area contributed by atoms with Gasteiger partial charge in [-0.05, 0) is 30.4 Å². The van der Waals surface area contributed by atoms with Crippen LogP contribution in [0.5, 0.6) is 0 Å². The number of aromatic nitrogens is 1. The highest BCUT2D eigenvalue weighted by atomic mass is 32.2. The van der Waals surface area contributed by atoms with Crippen LogP contribution in [0.15, 0.2) is 42.1 Å². The molecule has 0 saturated carbocycles. The van der Waals surface area contributed by atoms with Crippen LogP contribution >= 0.6 is 11.3 Å². The zero-order valence-corrected chi connectivity index (χ0v) is 16.9. The van der Waals surface area contributed by atoms with E-state index in [0.29, 0.717) is 13.0 Å². The van der Waals surface area contributed by atoms with Crippen molar-refractivity contribution in [3.8, 4) is 0 Å². The summed E-state index contributed by atoms with van der Waals surface area (Å²) in [7, 11) is -1.84. The summed E-state index contributed by atoms with van der Waals surface area (Å²) in [5.74, 6) is -0.224. The van der Waals surface area contributed by atoms with Crippen molar-refractivity contribution in [3.05, 3.63) is 47.1 Å². The largest absolute Gasteiger partial charge is 0.378 e. The summed E-state index contributed by atoms with van der Waals surface area (Å²) in [6.45, 7) is 1.62. The molecule has 1 aliphatic heterocycles. The standard InChI is InChI=1S/C20H22N2O3S2/c1-21-11-4-7-16(21)14-19-22(12-5-13-27(23,24)25)20-17-8-3-2-6-15(17)9-10-18(20)26-19/h2-3,6,8-10,14H,4-5,7,11-13H2,1H3/p+1. The monoisotopic (exact) mass is 403 g/mol. The van der Waals surface area contributed by atoms with E-state index in [2.05, 4.69) is 46.9 Å². The molecule has 0 radical (unpaired) electrons. The van der Waals surface area contributed by atoms with Gasteiger partial charge in [0, 0.05) is 31.8 Å². The Morgan fingerprint density at radius 1 is 1.26 bits per heavy atom. The van der Waals surface area contributed by atoms with Crippen LogP contribution in [-0.4, -0.2) is 37.2 Å². The molecule has 0 aliphatic carbocycles. The quantitative estimate of drug-likeness (QED) is 0.521. The lowest BCUT2D eigenvalue weighted by Gasteiger charge is -2.11. The zero-order chi connectivity index (χ0) is 19.0. The number of hydrogen-bond donors (Lipinski definition) is 1. The molecular weight excluding hydrogens is 380 g/mol. The van der Waals surface area contributed by atoms with Crippen LogP contribution in [0.25, 0.3) is 27.1 Å². The Morgan fingerprint density at radius 2 is 2.07 bits per heavy atom. The molecule has 1 aliphatic rings. The maximum absolute atomic E-state index is 11.2. The van der Waals surface area contributed by atoms with Crippen molar-refractivity contribution in [1.82, 2.24) is 4.90 Å². The van der Waals surface area contributed by atoms with E-state index in [1.807, 2.05) is 12.1 Å². The number of likely N-dealkylation sites (tertiary alicyclic amines) is 1. The minimum absolute atomic E-state index is 0.224. The summed E-state index contributed by atoms with van der Waals surface area (Å²) >= 11 is 1.73. The Balaban J connectivity index is 1.85. The summed E-state index contributed by atoms with van der Waals surface area (Å²) in [6.07, 6.45) is 4.85. The number of benzene rings is 2. The first-order valence-electron chi connectivity index (χ1n) is 9.13. The van der Waals surface area contributed by atoms with E-state index in [-0.39, 0.29) is 5.75 Å². The Morgan fingerprint density at radius 3 is 2.81 bits per heavy atom. The number of nitrogens with zero attached hydrogens (tertiary/aromatic N) is 2. The fraction of sp³-hybridized carbons (Fsp3) is 0.350. The van der Waals surface area contributed by atoms with Crippen molar-refractivity contribution in [2.24, 2.45) is 0 Å². The first-order chi connectivity index (χ1) is 12.9. The number of aryl methyl sites for hydroxylation is 1. The molecule has 4 rings (SSSR count). The predicted octanol–water partition coefficient (Wildman–Crippen LogP) is 3.69. The number of allylic oxidation sites excluding steroid dienone is 1. The summed E-state index contributed by atoms with van der Waals surface area (Å²) in [5, 5.41) is 3.46. The molecule has 1 aromatic heterocycles. The van der Waals surface area contributed by atoms with Crippen LogP contribution in [-0.2, 0) is 16.7 Å². The normalized spacial score (nSPS) is 16.8. The third-order valence-electron chi connectivity index (χ3n) is 5.10. The smallest absolute Gasteiger partial charge is 0.265 e. The van der Waals surface area contributed by atoms with Gasteiger partial charge in [0.25, 0.3) is 15.1 Å². The minimum atomic E-state index is -3.95. The fourth-order valence-electron chi connectivity index (χ4n) is 3.76. The minimum Gasteiger partial charge on any atom is -0.378 e. The molecule has 1 fully saturated rings. The van der Waals surface area contributed by atoms with Gasteiger partial charge in [0.1, 0.15) is 4.70 Å². The fourth-order valence-corrected chi connectivity index (χ4v) is 5.42. The molecule has 0 unspecified atom stereocenters. The van der Waals surface area contributed by atoms with Crippen molar-refractivity contribution in [1.29, 1.82) is 0 Å². The van der Waals surface area contributed by atoms with Crippen molar-refractivity contribution in [3.63, 3.8) is 0 Å². The number of thiazole rings is 1. The first kappa shape index (κ1) is 18.4. The van der Waals surface area contributed by atoms with Crippen molar-refractivity contribution >= 4 is 48.5 Å². The molecule has 5 nitrogen and oxygen atoms in total. The van der Waals surface area contributed by atoms with Crippen LogP contribution in [0.3, 0.4) is 0 Å². The molecule has 7 heteroatoms. The highest BCUT2D eigenvalue weighted by molar-refractivity contribution is 7.85. The SMILES string of the molecule is CN1CCCC1=Cc1sc2ccc3ccccc3c2[n+]1CCCS(=O)(=O)O. The molecule has 1 saturated heterocycles. The second-order valence-electron chi connectivity index (χ2n) is 7.03. The Bertz CT molecular complexity index is 1130. The maximum atomic E-state index is 11.2. The van der Waals surface area contributed by atoms with E-state index in [1.54, 1.807) is 11.3 Å². The summed E-state index contributed by atoms with van der Waals surface area (Å²) < 4.78 is 34.9. The number of rotatable bonds is 5. The van der Waals surface area contributed by atoms with Gasteiger partial charge in [-0.2, -0.15) is 13.0 Å². The Labute approximate surface area is 163 Å². The van der Waals surface area contributed by atoms with Gasteiger partial charge in [-0.1, -0.05) is 35.6 Å². The van der Waals surface area contributed by atoms with Gasteiger partial charge in [-0.15, -0.1) is 0 Å². The first-order valence-corrected chi connectivity index (χ1v) is 11.6. The van der Waals surface area contributed by atoms with Crippen LogP contribution < -0.4 is 4.57 Å². The lowest BCUT2D eigenvalue weighted by atomic mass is 10.1. The maximum Gasteiger partial charge on any atom is 0.265 e. The molecule has 142 valence electrons. The van der Waals surface area contributed by atoms with Crippen molar-refractivity contribution in [2.75, 3.05) is 19.3 Å². The number of fused-ring (bicyclic) bond motifs is 3. The molecule has 27 heavy (non-hydrogen) atoms. The van der Waals surface area contributed by atoms with E-state index < -0.39 is 10.1 Å². The Hall–Kier alpha value is -1.96. The van der Waals surface area contributed by atoms with Gasteiger partial charge in [-0.25, -0.2) is 0 Å². The Kier molecular flexibility index (Phi) is 4.92. The highest BCUT2D eigenvalue weighted by Gasteiger charge is 2.24. The third-order valence-corrected chi connectivity index (χ3v) is 7.01. The van der Waals surface area contributed by atoms with Gasteiger partial charge in [-0.3, -0.25) is 4.55 Å². The molecule has 0 bridgehead atoms. The number of hydrogen-bond acceptors (Lipinski definition) is 4. The van der Waals surface area contributed by atoms with Gasteiger partial charge in [0.15, 0.2) is 6.54 Å². The summed E-state index contributed by atoms with van der Waals surface area (Å²) in [4.78, 5) is 2.28. The van der Waals surface area contributed by atoms with Crippen molar-refractivity contribution in [2.45, 2.75) is 25.8 Å². The molecule has 0 amide bonds. The molecule has 0 spiro atoms. The van der Waals surface area contributed by atoms with Gasteiger partial charge >= 0.3 is 0 Å². The topological polar surface area (TPSA) is 61.5 Å². The average molecular weight is 404 g/mol.